The first-order valence-electron chi connectivity index (χ1n) is 5.43. The molecule has 0 aromatic rings. The predicted molar refractivity (Wildman–Crippen MR) is 61.6 cm³/mol. The molecule has 0 saturated heterocycles. The third kappa shape index (κ3) is 7.73. The minimum Gasteiger partial charge on any atom is -0.481 e. The van der Waals surface area contributed by atoms with Crippen LogP contribution in [0, 0.1) is 5.92 Å². The fourth-order valence-electron chi connectivity index (χ4n) is 1.42. The van der Waals surface area contributed by atoms with E-state index in [-0.39, 0.29) is 30.8 Å². The SMILES string of the molecule is CCCS(=O)(=O)CCC(CCC(=O)O)C(=O)O. The van der Waals surface area contributed by atoms with Crippen molar-refractivity contribution in [2.75, 3.05) is 11.5 Å². The van der Waals surface area contributed by atoms with E-state index in [2.05, 4.69) is 0 Å². The topological polar surface area (TPSA) is 109 Å². The van der Waals surface area contributed by atoms with E-state index in [4.69, 9.17) is 10.2 Å². The van der Waals surface area contributed by atoms with Gasteiger partial charge in [0.15, 0.2) is 0 Å². The molecule has 0 spiro atoms. The van der Waals surface area contributed by atoms with Crippen LogP contribution in [0.5, 0.6) is 0 Å². The molecule has 0 radical (unpaired) electrons. The molecule has 0 saturated carbocycles. The van der Waals surface area contributed by atoms with Crippen LogP contribution in [-0.2, 0) is 19.4 Å². The van der Waals surface area contributed by atoms with Crippen LogP contribution in [0.4, 0.5) is 0 Å². The Labute approximate surface area is 101 Å². The van der Waals surface area contributed by atoms with Gasteiger partial charge in [-0.15, -0.1) is 0 Å². The number of sulfone groups is 1. The van der Waals surface area contributed by atoms with E-state index in [1.807, 2.05) is 0 Å². The number of hydrogen-bond acceptors (Lipinski definition) is 4. The molecule has 1 unspecified atom stereocenters. The number of hydrogen-bond donors (Lipinski definition) is 2. The molecule has 0 aromatic heterocycles. The van der Waals surface area contributed by atoms with E-state index in [0.29, 0.717) is 6.42 Å². The van der Waals surface area contributed by atoms with Crippen LogP contribution in [0.1, 0.15) is 32.6 Å². The van der Waals surface area contributed by atoms with Crippen molar-refractivity contribution in [1.29, 1.82) is 0 Å². The van der Waals surface area contributed by atoms with Gasteiger partial charge in [0, 0.05) is 12.2 Å². The van der Waals surface area contributed by atoms with Gasteiger partial charge in [-0.3, -0.25) is 9.59 Å². The summed E-state index contributed by atoms with van der Waals surface area (Å²) < 4.78 is 22.8. The first-order chi connectivity index (χ1) is 7.78. The molecule has 0 heterocycles. The monoisotopic (exact) mass is 266 g/mol. The quantitative estimate of drug-likeness (QED) is 0.638. The average Bonchev–Trinajstić information content (AvgIpc) is 2.16. The lowest BCUT2D eigenvalue weighted by Gasteiger charge is -2.10. The third-order valence-corrected chi connectivity index (χ3v) is 4.24. The van der Waals surface area contributed by atoms with E-state index >= 15 is 0 Å². The van der Waals surface area contributed by atoms with Crippen molar-refractivity contribution in [3.63, 3.8) is 0 Å². The van der Waals surface area contributed by atoms with Crippen molar-refractivity contribution in [2.45, 2.75) is 32.6 Å². The zero-order valence-electron chi connectivity index (χ0n) is 9.76. The van der Waals surface area contributed by atoms with Gasteiger partial charge >= 0.3 is 11.9 Å². The molecular formula is C10H18O6S. The second-order valence-electron chi connectivity index (χ2n) is 3.91. The average molecular weight is 266 g/mol. The van der Waals surface area contributed by atoms with E-state index in [1.165, 1.54) is 0 Å². The summed E-state index contributed by atoms with van der Waals surface area (Å²) in [7, 11) is -3.21. The Morgan fingerprint density at radius 1 is 1.12 bits per heavy atom. The lowest BCUT2D eigenvalue weighted by molar-refractivity contribution is -0.143. The van der Waals surface area contributed by atoms with Gasteiger partial charge in [0.05, 0.1) is 11.7 Å². The predicted octanol–water partition coefficient (Wildman–Crippen LogP) is 0.767. The lowest BCUT2D eigenvalue weighted by atomic mass is 10.0. The molecule has 0 rings (SSSR count). The summed E-state index contributed by atoms with van der Waals surface area (Å²) in [5.74, 6) is -3.28. The highest BCUT2D eigenvalue weighted by atomic mass is 32.2. The van der Waals surface area contributed by atoms with Gasteiger partial charge in [-0.1, -0.05) is 6.92 Å². The van der Waals surface area contributed by atoms with Crippen molar-refractivity contribution in [2.24, 2.45) is 5.92 Å². The molecule has 0 aromatic carbocycles. The Morgan fingerprint density at radius 2 is 1.71 bits per heavy atom. The second-order valence-corrected chi connectivity index (χ2v) is 6.21. The molecule has 7 heteroatoms. The maximum atomic E-state index is 11.4. The Bertz CT molecular complexity index is 359. The summed E-state index contributed by atoms with van der Waals surface area (Å²) in [5, 5.41) is 17.3. The van der Waals surface area contributed by atoms with Crippen LogP contribution >= 0.6 is 0 Å². The lowest BCUT2D eigenvalue weighted by Crippen LogP contribution is -2.20. The molecule has 17 heavy (non-hydrogen) atoms. The highest BCUT2D eigenvalue weighted by Crippen LogP contribution is 2.13. The minimum absolute atomic E-state index is 0.0229. The van der Waals surface area contributed by atoms with Gasteiger partial charge in [0.1, 0.15) is 9.84 Å². The third-order valence-electron chi connectivity index (χ3n) is 2.35. The van der Waals surface area contributed by atoms with Gasteiger partial charge in [-0.25, -0.2) is 8.42 Å². The zero-order chi connectivity index (χ0) is 13.5. The first kappa shape index (κ1) is 15.9. The number of carbonyl (C=O) groups is 2. The number of carboxylic acid groups (broad SMARTS) is 2. The molecule has 0 fully saturated rings. The molecule has 0 bridgehead atoms. The van der Waals surface area contributed by atoms with Crippen LogP contribution in [0.25, 0.3) is 0 Å². The Hall–Kier alpha value is -1.11. The molecule has 1 atom stereocenters. The van der Waals surface area contributed by atoms with Gasteiger partial charge in [-0.2, -0.15) is 0 Å². The number of aliphatic carboxylic acids is 2. The maximum Gasteiger partial charge on any atom is 0.306 e. The van der Waals surface area contributed by atoms with Crippen molar-refractivity contribution in [1.82, 2.24) is 0 Å². The summed E-state index contributed by atoms with van der Waals surface area (Å²) in [4.78, 5) is 21.1. The molecule has 6 nitrogen and oxygen atoms in total. The molecule has 0 aliphatic heterocycles. The van der Waals surface area contributed by atoms with E-state index in [1.54, 1.807) is 6.92 Å². The Kier molecular flexibility index (Phi) is 6.79. The van der Waals surface area contributed by atoms with E-state index < -0.39 is 27.7 Å². The first-order valence-corrected chi connectivity index (χ1v) is 7.25. The summed E-state index contributed by atoms with van der Waals surface area (Å²) in [6.07, 6.45) is 0.178. The second kappa shape index (κ2) is 7.26. The van der Waals surface area contributed by atoms with Crippen molar-refractivity contribution < 1.29 is 28.2 Å². The van der Waals surface area contributed by atoms with Gasteiger partial charge in [0.25, 0.3) is 0 Å². The summed E-state index contributed by atoms with van der Waals surface area (Å²) in [5.41, 5.74) is 0. The van der Waals surface area contributed by atoms with Crippen molar-refractivity contribution >= 4 is 21.8 Å². The molecule has 0 amide bonds. The summed E-state index contributed by atoms with van der Waals surface area (Å²) in [6.45, 7) is 1.73. The molecule has 2 N–H and O–H groups in total. The Morgan fingerprint density at radius 3 is 2.12 bits per heavy atom. The van der Waals surface area contributed by atoms with E-state index in [9.17, 15) is 18.0 Å². The fourth-order valence-corrected chi connectivity index (χ4v) is 2.89. The number of rotatable bonds is 9. The molecule has 0 aliphatic rings. The standard InChI is InChI=1S/C10H18O6S/c1-2-6-17(15,16)7-5-8(10(13)14)3-4-9(11)12/h8H,2-7H2,1H3,(H,11,12)(H,13,14). The summed E-state index contributed by atoms with van der Waals surface area (Å²) in [6, 6.07) is 0. The molecular weight excluding hydrogens is 248 g/mol. The van der Waals surface area contributed by atoms with Gasteiger partial charge in [0.2, 0.25) is 0 Å². The normalized spacial score (nSPS) is 13.2. The highest BCUT2D eigenvalue weighted by molar-refractivity contribution is 7.91. The summed E-state index contributed by atoms with van der Waals surface area (Å²) >= 11 is 0. The van der Waals surface area contributed by atoms with Gasteiger partial charge < -0.3 is 10.2 Å². The highest BCUT2D eigenvalue weighted by Gasteiger charge is 2.21. The van der Waals surface area contributed by atoms with Crippen LogP contribution < -0.4 is 0 Å². The van der Waals surface area contributed by atoms with Gasteiger partial charge in [-0.05, 0) is 19.3 Å². The zero-order valence-corrected chi connectivity index (χ0v) is 10.6. The maximum absolute atomic E-state index is 11.4. The minimum atomic E-state index is -3.21. The largest absolute Gasteiger partial charge is 0.481 e. The Balaban J connectivity index is 4.27. The number of carboxylic acids is 2. The molecule has 100 valence electrons. The fraction of sp³-hybridized carbons (Fsp3) is 0.800. The van der Waals surface area contributed by atoms with Crippen LogP contribution in [-0.4, -0.2) is 42.1 Å². The van der Waals surface area contributed by atoms with Crippen LogP contribution in [0.2, 0.25) is 0 Å². The van der Waals surface area contributed by atoms with Crippen molar-refractivity contribution in [3.8, 4) is 0 Å². The van der Waals surface area contributed by atoms with Crippen LogP contribution in [0.15, 0.2) is 0 Å². The molecule has 0 aliphatic carbocycles. The van der Waals surface area contributed by atoms with Crippen LogP contribution in [0.3, 0.4) is 0 Å². The van der Waals surface area contributed by atoms with Crippen molar-refractivity contribution in [3.05, 3.63) is 0 Å². The smallest absolute Gasteiger partial charge is 0.306 e. The van der Waals surface area contributed by atoms with E-state index in [0.717, 1.165) is 0 Å².